The molecular weight excluding hydrogens is 464 g/mol. The molecule has 0 aliphatic carbocycles. The second-order valence-corrected chi connectivity index (χ2v) is 9.75. The Kier molecular flexibility index (Phi) is 8.84. The first-order valence-electron chi connectivity index (χ1n) is 12.2. The fourth-order valence-electron chi connectivity index (χ4n) is 4.17. The molecule has 10 heteroatoms. The summed E-state index contributed by atoms with van der Waals surface area (Å²) >= 11 is 0. The molecule has 0 bridgehead atoms. The number of ketones is 1. The van der Waals surface area contributed by atoms with Gasteiger partial charge in [-0.1, -0.05) is 69.1 Å². The van der Waals surface area contributed by atoms with E-state index in [1.165, 1.54) is 17.2 Å². The molecule has 194 valence electrons. The van der Waals surface area contributed by atoms with Crippen molar-refractivity contribution in [1.82, 2.24) is 20.7 Å². The van der Waals surface area contributed by atoms with Gasteiger partial charge in [-0.25, -0.2) is 4.79 Å². The van der Waals surface area contributed by atoms with E-state index in [4.69, 9.17) is 9.26 Å². The average molecular weight is 499 g/mol. The Morgan fingerprint density at radius 1 is 1.17 bits per heavy atom. The van der Waals surface area contributed by atoms with Crippen molar-refractivity contribution < 1.29 is 28.4 Å². The van der Waals surface area contributed by atoms with Gasteiger partial charge >= 0.3 is 6.09 Å². The van der Waals surface area contributed by atoms with Crippen molar-refractivity contribution in [2.75, 3.05) is 13.1 Å². The SMILES string of the molecule is CCCC[C@H](NC(=O)O[C@H]1CN(C(=O)c2ccno2)CC1(C)C)C(=O)C(=O)N[C@H](C)c1ccccc1. The van der Waals surface area contributed by atoms with Gasteiger partial charge in [0.05, 0.1) is 18.8 Å². The first-order chi connectivity index (χ1) is 17.1. The summed E-state index contributed by atoms with van der Waals surface area (Å²) in [5.41, 5.74) is 0.336. The van der Waals surface area contributed by atoms with E-state index in [-0.39, 0.29) is 24.3 Å². The lowest BCUT2D eigenvalue weighted by atomic mass is 9.90. The minimum absolute atomic E-state index is 0.108. The van der Waals surface area contributed by atoms with Crippen LogP contribution in [0.15, 0.2) is 47.1 Å². The molecule has 3 rings (SSSR count). The van der Waals surface area contributed by atoms with Gasteiger partial charge in [0.1, 0.15) is 12.1 Å². The van der Waals surface area contributed by atoms with Crippen LogP contribution in [0.5, 0.6) is 0 Å². The number of ether oxygens (including phenoxy) is 1. The molecule has 36 heavy (non-hydrogen) atoms. The fraction of sp³-hybridized carbons (Fsp3) is 0.500. The zero-order valence-electron chi connectivity index (χ0n) is 21.2. The van der Waals surface area contributed by atoms with Crippen molar-refractivity contribution in [2.24, 2.45) is 5.41 Å². The van der Waals surface area contributed by atoms with Gasteiger partial charge in [-0.3, -0.25) is 14.4 Å². The predicted molar refractivity (Wildman–Crippen MR) is 131 cm³/mol. The summed E-state index contributed by atoms with van der Waals surface area (Å²) in [6.07, 6.45) is 1.71. The maximum absolute atomic E-state index is 12.9. The highest BCUT2D eigenvalue weighted by molar-refractivity contribution is 6.38. The van der Waals surface area contributed by atoms with Crippen molar-refractivity contribution in [1.29, 1.82) is 0 Å². The highest BCUT2D eigenvalue weighted by atomic mass is 16.6. The third kappa shape index (κ3) is 6.71. The van der Waals surface area contributed by atoms with Crippen LogP contribution < -0.4 is 10.6 Å². The summed E-state index contributed by atoms with van der Waals surface area (Å²) in [5.74, 6) is -1.72. The van der Waals surface area contributed by atoms with E-state index in [1.54, 1.807) is 6.92 Å². The maximum Gasteiger partial charge on any atom is 0.408 e. The molecule has 0 unspecified atom stereocenters. The van der Waals surface area contributed by atoms with Crippen LogP contribution in [0.25, 0.3) is 0 Å². The molecule has 1 aromatic carbocycles. The van der Waals surface area contributed by atoms with Crippen LogP contribution in [0, 0.1) is 5.41 Å². The van der Waals surface area contributed by atoms with Gasteiger partial charge in [-0.2, -0.15) is 0 Å². The molecule has 2 heterocycles. The number of carbonyl (C=O) groups is 4. The van der Waals surface area contributed by atoms with E-state index in [1.807, 2.05) is 51.1 Å². The van der Waals surface area contributed by atoms with E-state index in [9.17, 15) is 19.2 Å². The number of rotatable bonds is 10. The van der Waals surface area contributed by atoms with Gasteiger partial charge in [0, 0.05) is 18.0 Å². The van der Waals surface area contributed by atoms with Crippen molar-refractivity contribution in [3.63, 3.8) is 0 Å². The van der Waals surface area contributed by atoms with Crippen LogP contribution in [-0.4, -0.2) is 59.0 Å². The number of aromatic nitrogens is 1. The van der Waals surface area contributed by atoms with Crippen LogP contribution in [0.3, 0.4) is 0 Å². The molecule has 3 atom stereocenters. The number of nitrogens with one attached hydrogen (secondary N) is 2. The highest BCUT2D eigenvalue weighted by Gasteiger charge is 2.45. The number of carbonyl (C=O) groups excluding carboxylic acids is 4. The van der Waals surface area contributed by atoms with Crippen LogP contribution in [0.4, 0.5) is 4.79 Å². The molecule has 1 saturated heterocycles. The lowest BCUT2D eigenvalue weighted by molar-refractivity contribution is -0.139. The number of nitrogens with zero attached hydrogens (tertiary/aromatic N) is 2. The number of Topliss-reactive ketones (excluding diaryl/α,β-unsaturated/α-hetero) is 1. The van der Waals surface area contributed by atoms with Gasteiger partial charge < -0.3 is 24.8 Å². The number of unbranched alkanes of at least 4 members (excludes halogenated alkanes) is 1. The number of likely N-dealkylation sites (tertiary alicyclic amines) is 1. The number of benzene rings is 1. The van der Waals surface area contributed by atoms with E-state index in [0.29, 0.717) is 19.4 Å². The predicted octanol–water partition coefficient (Wildman–Crippen LogP) is 3.26. The summed E-state index contributed by atoms with van der Waals surface area (Å²) in [6.45, 7) is 8.04. The summed E-state index contributed by atoms with van der Waals surface area (Å²) < 4.78 is 10.6. The quantitative estimate of drug-likeness (QED) is 0.481. The van der Waals surface area contributed by atoms with Crippen LogP contribution >= 0.6 is 0 Å². The lowest BCUT2D eigenvalue weighted by Crippen LogP contribution is -2.49. The smallest absolute Gasteiger partial charge is 0.408 e. The zero-order valence-corrected chi connectivity index (χ0v) is 21.2. The van der Waals surface area contributed by atoms with Gasteiger partial charge in [-0.15, -0.1) is 0 Å². The molecule has 1 aromatic heterocycles. The highest BCUT2D eigenvalue weighted by Crippen LogP contribution is 2.33. The monoisotopic (exact) mass is 498 g/mol. The Hall–Kier alpha value is -3.69. The Morgan fingerprint density at radius 2 is 1.89 bits per heavy atom. The number of hydrogen-bond donors (Lipinski definition) is 2. The summed E-state index contributed by atoms with van der Waals surface area (Å²) in [4.78, 5) is 52.6. The Bertz CT molecular complexity index is 1050. The normalized spacial score (nSPS) is 18.2. The molecule has 3 amide bonds. The van der Waals surface area contributed by atoms with Crippen molar-refractivity contribution in [3.8, 4) is 0 Å². The van der Waals surface area contributed by atoms with Crippen LogP contribution in [-0.2, 0) is 14.3 Å². The molecule has 2 aromatic rings. The second-order valence-electron chi connectivity index (χ2n) is 9.75. The third-order valence-electron chi connectivity index (χ3n) is 6.37. The molecule has 10 nitrogen and oxygen atoms in total. The lowest BCUT2D eigenvalue weighted by Gasteiger charge is -2.26. The molecular formula is C26H34N4O6. The largest absolute Gasteiger partial charge is 0.444 e. The van der Waals surface area contributed by atoms with E-state index in [2.05, 4.69) is 15.8 Å². The molecule has 1 aliphatic rings. The summed E-state index contributed by atoms with van der Waals surface area (Å²) in [6, 6.07) is 9.39. The van der Waals surface area contributed by atoms with E-state index >= 15 is 0 Å². The summed E-state index contributed by atoms with van der Waals surface area (Å²) in [7, 11) is 0. The molecule has 1 fully saturated rings. The Morgan fingerprint density at radius 3 is 2.53 bits per heavy atom. The fourth-order valence-corrected chi connectivity index (χ4v) is 4.17. The minimum Gasteiger partial charge on any atom is -0.444 e. The Balaban J connectivity index is 1.61. The van der Waals surface area contributed by atoms with E-state index < -0.39 is 35.3 Å². The van der Waals surface area contributed by atoms with Crippen molar-refractivity contribution >= 4 is 23.7 Å². The maximum atomic E-state index is 12.9. The van der Waals surface area contributed by atoms with Crippen molar-refractivity contribution in [3.05, 3.63) is 53.9 Å². The number of hydrogen-bond acceptors (Lipinski definition) is 7. The first-order valence-corrected chi connectivity index (χ1v) is 12.2. The van der Waals surface area contributed by atoms with E-state index in [0.717, 1.165) is 12.0 Å². The van der Waals surface area contributed by atoms with Gasteiger partial charge in [0.2, 0.25) is 11.5 Å². The molecule has 0 saturated carbocycles. The van der Waals surface area contributed by atoms with Crippen LogP contribution in [0.1, 0.15) is 69.1 Å². The van der Waals surface area contributed by atoms with Crippen molar-refractivity contribution in [2.45, 2.75) is 65.1 Å². The molecule has 2 N–H and O–H groups in total. The summed E-state index contributed by atoms with van der Waals surface area (Å²) in [5, 5.41) is 8.84. The number of amides is 3. The topological polar surface area (TPSA) is 131 Å². The Labute approximate surface area is 210 Å². The average Bonchev–Trinajstić information content (AvgIpc) is 3.49. The number of alkyl carbamates (subject to hydrolysis) is 1. The molecule has 0 spiro atoms. The third-order valence-corrected chi connectivity index (χ3v) is 6.37. The van der Waals surface area contributed by atoms with Crippen LogP contribution in [0.2, 0.25) is 0 Å². The minimum atomic E-state index is -1.02. The zero-order chi connectivity index (χ0) is 26.3. The molecule has 1 aliphatic heterocycles. The standard InChI is InChI=1S/C26H34N4O6/c1-5-6-12-19(22(31)23(32)28-17(2)18-10-8-7-9-11-18)29-25(34)35-21-15-30(16-26(21,3)4)24(33)20-13-14-27-36-20/h7-11,13-14,17,19,21H,5-6,12,15-16H2,1-4H3,(H,28,32)(H,29,34)/t17-,19+,21+/m1/s1. The van der Waals surface area contributed by atoms with Gasteiger partial charge in [0.25, 0.3) is 11.8 Å². The van der Waals surface area contributed by atoms with Gasteiger partial charge in [0.15, 0.2) is 0 Å². The van der Waals surface area contributed by atoms with Gasteiger partial charge in [-0.05, 0) is 18.9 Å². The first kappa shape index (κ1) is 26.9. The second kappa shape index (κ2) is 11.8. The molecule has 0 radical (unpaired) electrons.